The van der Waals surface area contributed by atoms with Crippen molar-refractivity contribution in [2.45, 2.75) is 6.92 Å². The summed E-state index contributed by atoms with van der Waals surface area (Å²) in [6.07, 6.45) is 1.34. The molecule has 0 spiro atoms. The summed E-state index contributed by atoms with van der Waals surface area (Å²) in [5.74, 6) is -0.953. The van der Waals surface area contributed by atoms with E-state index in [0.29, 0.717) is 33.2 Å². The molecule has 2 aromatic rings. The predicted molar refractivity (Wildman–Crippen MR) is 117 cm³/mol. The Balaban J connectivity index is 2.02. The monoisotopic (exact) mass is 503 g/mol. The quantitative estimate of drug-likeness (QED) is 0.469. The second-order valence-electron chi connectivity index (χ2n) is 6.14. The molecule has 1 N–H and O–H groups in total. The van der Waals surface area contributed by atoms with Crippen molar-refractivity contribution in [3.63, 3.8) is 0 Å². The van der Waals surface area contributed by atoms with Crippen molar-refractivity contribution in [3.05, 3.63) is 57.0 Å². The molecule has 0 aromatic heterocycles. The average molecular weight is 505 g/mol. The summed E-state index contributed by atoms with van der Waals surface area (Å²) in [7, 11) is 0. The second kappa shape index (κ2) is 9.64. The Bertz CT molecular complexity index is 1130. The molecule has 4 amide bonds. The van der Waals surface area contributed by atoms with Crippen LogP contribution in [0.1, 0.15) is 12.5 Å². The van der Waals surface area contributed by atoms with Crippen LogP contribution in [0.25, 0.3) is 6.08 Å². The van der Waals surface area contributed by atoms with Crippen molar-refractivity contribution in [2.75, 3.05) is 18.1 Å². The second-order valence-corrected chi connectivity index (χ2v) is 7.43. The van der Waals surface area contributed by atoms with Crippen LogP contribution in [-0.2, 0) is 9.59 Å². The molecule has 158 valence electrons. The number of nitriles is 1. The van der Waals surface area contributed by atoms with E-state index in [0.717, 1.165) is 4.90 Å². The minimum atomic E-state index is -0.856. The molecule has 1 aliphatic rings. The average Bonchev–Trinajstić information content (AvgIpc) is 2.72. The van der Waals surface area contributed by atoms with Crippen molar-refractivity contribution >= 4 is 57.1 Å². The van der Waals surface area contributed by atoms with Crippen molar-refractivity contribution in [3.8, 4) is 17.6 Å². The lowest BCUT2D eigenvalue weighted by Crippen LogP contribution is -2.54. The Kier molecular flexibility index (Phi) is 6.95. The first-order chi connectivity index (χ1) is 14.8. The summed E-state index contributed by atoms with van der Waals surface area (Å²) in [6, 6.07) is 10.3. The lowest BCUT2D eigenvalue weighted by molar-refractivity contribution is -0.122. The van der Waals surface area contributed by atoms with Gasteiger partial charge in [0, 0.05) is 5.02 Å². The van der Waals surface area contributed by atoms with Crippen LogP contribution in [-0.4, -0.2) is 31.1 Å². The van der Waals surface area contributed by atoms with Gasteiger partial charge in [-0.25, -0.2) is 9.69 Å². The number of benzene rings is 2. The Hall–Kier alpha value is -3.35. The number of barbiturate groups is 1. The van der Waals surface area contributed by atoms with E-state index >= 15 is 0 Å². The van der Waals surface area contributed by atoms with Gasteiger partial charge in [0.1, 0.15) is 11.6 Å². The van der Waals surface area contributed by atoms with Crippen LogP contribution >= 0.6 is 27.5 Å². The summed E-state index contributed by atoms with van der Waals surface area (Å²) < 4.78 is 11.4. The number of halogens is 2. The summed E-state index contributed by atoms with van der Waals surface area (Å²) in [6.45, 7) is 1.92. The van der Waals surface area contributed by atoms with Crippen LogP contribution in [0.3, 0.4) is 0 Å². The van der Waals surface area contributed by atoms with Gasteiger partial charge in [0.05, 0.1) is 16.8 Å². The van der Waals surface area contributed by atoms with E-state index in [4.69, 9.17) is 26.3 Å². The minimum absolute atomic E-state index is 0.182. The van der Waals surface area contributed by atoms with Crippen molar-refractivity contribution in [1.29, 1.82) is 5.26 Å². The molecule has 0 radical (unpaired) electrons. The van der Waals surface area contributed by atoms with E-state index in [1.807, 2.05) is 6.07 Å². The highest BCUT2D eigenvalue weighted by Crippen LogP contribution is 2.37. The Morgan fingerprint density at radius 2 is 1.90 bits per heavy atom. The lowest BCUT2D eigenvalue weighted by atomic mass is 10.1. The van der Waals surface area contributed by atoms with E-state index in [1.165, 1.54) is 30.3 Å². The van der Waals surface area contributed by atoms with Gasteiger partial charge in [-0.15, -0.1) is 0 Å². The molecular weight excluding hydrogens is 490 g/mol. The fourth-order valence-corrected chi connectivity index (χ4v) is 3.53. The number of hydrogen-bond donors (Lipinski definition) is 1. The molecule has 2 aromatic carbocycles. The summed E-state index contributed by atoms with van der Waals surface area (Å²) in [5, 5.41) is 11.4. The molecule has 1 saturated heterocycles. The van der Waals surface area contributed by atoms with Gasteiger partial charge in [-0.05, 0) is 70.9 Å². The Morgan fingerprint density at radius 1 is 1.19 bits per heavy atom. The summed E-state index contributed by atoms with van der Waals surface area (Å²) in [5.41, 5.74) is 0.472. The third-order valence-corrected chi connectivity index (χ3v) is 4.95. The maximum absolute atomic E-state index is 13.0. The van der Waals surface area contributed by atoms with Gasteiger partial charge in [0.2, 0.25) is 0 Å². The number of nitrogens with zero attached hydrogens (tertiary/aromatic N) is 2. The molecule has 0 atom stereocenters. The van der Waals surface area contributed by atoms with Crippen LogP contribution in [0.4, 0.5) is 10.5 Å². The van der Waals surface area contributed by atoms with Crippen LogP contribution in [0, 0.1) is 11.3 Å². The van der Waals surface area contributed by atoms with Gasteiger partial charge < -0.3 is 9.47 Å². The molecule has 10 heteroatoms. The highest BCUT2D eigenvalue weighted by Gasteiger charge is 2.36. The van der Waals surface area contributed by atoms with Crippen LogP contribution in [0.5, 0.6) is 11.5 Å². The van der Waals surface area contributed by atoms with Crippen molar-refractivity contribution < 1.29 is 23.9 Å². The number of hydrogen-bond acceptors (Lipinski definition) is 6. The number of carbonyl (C=O) groups is 3. The zero-order valence-electron chi connectivity index (χ0n) is 16.1. The number of rotatable bonds is 6. The van der Waals surface area contributed by atoms with E-state index < -0.39 is 17.8 Å². The molecule has 31 heavy (non-hydrogen) atoms. The summed E-state index contributed by atoms with van der Waals surface area (Å²) >= 11 is 9.22. The molecule has 1 aliphatic heterocycles. The van der Waals surface area contributed by atoms with Gasteiger partial charge in [0.25, 0.3) is 11.8 Å². The molecule has 0 aliphatic carbocycles. The van der Waals surface area contributed by atoms with Crippen molar-refractivity contribution in [2.24, 2.45) is 0 Å². The highest BCUT2D eigenvalue weighted by atomic mass is 79.9. The van der Waals surface area contributed by atoms with Gasteiger partial charge in [0.15, 0.2) is 18.1 Å². The summed E-state index contributed by atoms with van der Waals surface area (Å²) in [4.78, 5) is 38.5. The number of ether oxygens (including phenoxy) is 2. The molecule has 0 unspecified atom stereocenters. The maximum Gasteiger partial charge on any atom is 0.335 e. The molecule has 8 nitrogen and oxygen atoms in total. The molecule has 1 heterocycles. The van der Waals surface area contributed by atoms with Crippen molar-refractivity contribution in [1.82, 2.24) is 5.32 Å². The van der Waals surface area contributed by atoms with E-state index in [1.54, 1.807) is 19.1 Å². The number of nitrogens with one attached hydrogen (secondary N) is 1. The van der Waals surface area contributed by atoms with Gasteiger partial charge in [-0.1, -0.05) is 11.6 Å². The van der Waals surface area contributed by atoms with Gasteiger partial charge in [-0.3, -0.25) is 14.9 Å². The number of imide groups is 2. The minimum Gasteiger partial charge on any atom is -0.490 e. The third-order valence-electron chi connectivity index (χ3n) is 4.11. The van der Waals surface area contributed by atoms with Gasteiger partial charge >= 0.3 is 6.03 Å². The first kappa shape index (κ1) is 22.3. The fraction of sp³-hybridized carbons (Fsp3) is 0.143. The normalized spacial score (nSPS) is 15.0. The molecule has 0 bridgehead atoms. The molecule has 0 saturated carbocycles. The largest absolute Gasteiger partial charge is 0.490 e. The highest BCUT2D eigenvalue weighted by molar-refractivity contribution is 9.10. The van der Waals surface area contributed by atoms with Crippen LogP contribution in [0.15, 0.2) is 46.4 Å². The number of urea groups is 1. The number of amides is 4. The number of carbonyl (C=O) groups excluding carboxylic acids is 3. The third kappa shape index (κ3) is 4.87. The fourth-order valence-electron chi connectivity index (χ4n) is 2.83. The Morgan fingerprint density at radius 3 is 2.55 bits per heavy atom. The van der Waals surface area contributed by atoms with Crippen LogP contribution in [0.2, 0.25) is 5.02 Å². The topological polar surface area (TPSA) is 109 Å². The Labute approximate surface area is 191 Å². The number of anilines is 1. The molecule has 3 rings (SSSR count). The first-order valence-electron chi connectivity index (χ1n) is 8.98. The first-order valence-corrected chi connectivity index (χ1v) is 10.2. The van der Waals surface area contributed by atoms with E-state index in [9.17, 15) is 14.4 Å². The smallest absolute Gasteiger partial charge is 0.335 e. The van der Waals surface area contributed by atoms with Crippen LogP contribution < -0.4 is 19.7 Å². The van der Waals surface area contributed by atoms with E-state index in [2.05, 4.69) is 21.2 Å². The lowest BCUT2D eigenvalue weighted by Gasteiger charge is -2.26. The zero-order chi connectivity index (χ0) is 22.5. The van der Waals surface area contributed by atoms with Gasteiger partial charge in [-0.2, -0.15) is 5.26 Å². The zero-order valence-corrected chi connectivity index (χ0v) is 18.5. The maximum atomic E-state index is 13.0. The molecule has 1 fully saturated rings. The standard InChI is InChI=1S/C21H15BrClN3O5/c1-2-30-17-11-12(10-16(22)18(17)31-8-7-24)9-15-19(27)25-21(29)26(20(15)28)14-5-3-13(23)4-6-14/h3-6,9-11H,2,8H2,1H3,(H,25,27,29)/b15-9+. The van der Waals surface area contributed by atoms with E-state index in [-0.39, 0.29) is 17.9 Å². The molecular formula is C21H15BrClN3O5. The predicted octanol–water partition coefficient (Wildman–Crippen LogP) is 4.07. The SMILES string of the molecule is CCOc1cc(/C=C2\C(=O)NC(=O)N(c3ccc(Cl)cc3)C2=O)cc(Br)c1OCC#N.